The van der Waals surface area contributed by atoms with E-state index in [2.05, 4.69) is 240 Å². The Balaban J connectivity index is 0.965. The van der Waals surface area contributed by atoms with Gasteiger partial charge in [-0.1, -0.05) is 158 Å². The second-order valence-corrected chi connectivity index (χ2v) is 17.2. The van der Waals surface area contributed by atoms with Crippen molar-refractivity contribution in [1.82, 2.24) is 9.13 Å². The molecule has 2 aliphatic rings. The van der Waals surface area contributed by atoms with Gasteiger partial charge in [-0.05, 0) is 117 Å². The van der Waals surface area contributed by atoms with E-state index in [9.17, 15) is 0 Å². The molecule has 0 N–H and O–H groups in total. The Hall–Kier alpha value is -8.40. The van der Waals surface area contributed by atoms with Crippen LogP contribution in [0.15, 0.2) is 231 Å². The second kappa shape index (κ2) is 13.3. The van der Waals surface area contributed by atoms with Gasteiger partial charge in [0.25, 0.3) is 0 Å². The molecule has 0 fully saturated rings. The van der Waals surface area contributed by atoms with Crippen LogP contribution in [-0.4, -0.2) is 9.13 Å². The zero-order valence-electron chi connectivity index (χ0n) is 34.7. The molecule has 0 radical (unpaired) electrons. The van der Waals surface area contributed by atoms with Crippen molar-refractivity contribution in [2.45, 2.75) is 5.41 Å². The third-order valence-electron chi connectivity index (χ3n) is 14.0. The fourth-order valence-corrected chi connectivity index (χ4v) is 11.4. The topological polar surface area (TPSA) is 19.1 Å². The molecule has 3 heterocycles. The van der Waals surface area contributed by atoms with Crippen LogP contribution in [-0.2, 0) is 5.41 Å². The van der Waals surface area contributed by atoms with E-state index in [1.807, 2.05) is 0 Å². The highest BCUT2D eigenvalue weighted by Gasteiger charge is 2.51. The van der Waals surface area contributed by atoms with E-state index >= 15 is 0 Å². The van der Waals surface area contributed by atoms with Crippen molar-refractivity contribution < 1.29 is 4.74 Å². The SMILES string of the molecule is c1ccc(-n2c3ccc(-c4ccc(-c5cccc6c5c5ccccc5n6-c5ccccc5)cc4)cc3c3cc4c(cc32)C2(c3ccccc3Oc3ccccc32)c2ccccc2-4)cc1. The van der Waals surface area contributed by atoms with Crippen LogP contribution in [0.4, 0.5) is 0 Å². The Morgan fingerprint density at radius 3 is 1.56 bits per heavy atom. The van der Waals surface area contributed by atoms with Gasteiger partial charge >= 0.3 is 0 Å². The molecule has 0 unspecified atom stereocenters. The van der Waals surface area contributed by atoms with Gasteiger partial charge in [0.1, 0.15) is 11.5 Å². The number of benzene rings is 10. The number of hydrogen-bond donors (Lipinski definition) is 0. The molecule has 0 bridgehead atoms. The number of fused-ring (bicyclic) bond motifs is 15. The molecule has 2 aromatic heterocycles. The van der Waals surface area contributed by atoms with E-state index in [0.717, 1.165) is 22.9 Å². The van der Waals surface area contributed by atoms with E-state index in [1.54, 1.807) is 0 Å². The number of ether oxygens (including phenoxy) is 1. The van der Waals surface area contributed by atoms with Crippen molar-refractivity contribution in [3.63, 3.8) is 0 Å². The number of aromatic nitrogens is 2. The molecular weight excluding hydrogens is 777 g/mol. The number of rotatable bonds is 4. The fraction of sp³-hybridized carbons (Fsp3) is 0.0164. The van der Waals surface area contributed by atoms with Gasteiger partial charge in [-0.2, -0.15) is 0 Å². The van der Waals surface area contributed by atoms with Gasteiger partial charge in [-0.25, -0.2) is 0 Å². The summed E-state index contributed by atoms with van der Waals surface area (Å²) in [7, 11) is 0. The first-order valence-corrected chi connectivity index (χ1v) is 22.1. The Labute approximate surface area is 370 Å². The lowest BCUT2D eigenvalue weighted by atomic mass is 9.66. The van der Waals surface area contributed by atoms with Crippen LogP contribution in [0.2, 0.25) is 0 Å². The first kappa shape index (κ1) is 35.2. The maximum Gasteiger partial charge on any atom is 0.132 e. The molecule has 0 saturated carbocycles. The molecule has 12 aromatic rings. The first-order valence-electron chi connectivity index (χ1n) is 22.1. The predicted octanol–water partition coefficient (Wildman–Crippen LogP) is 15.7. The number of nitrogens with zero attached hydrogens (tertiary/aromatic N) is 2. The van der Waals surface area contributed by atoms with Crippen molar-refractivity contribution >= 4 is 43.6 Å². The molecule has 0 atom stereocenters. The summed E-state index contributed by atoms with van der Waals surface area (Å²) in [6, 6.07) is 84.3. The quantitative estimate of drug-likeness (QED) is 0.173. The summed E-state index contributed by atoms with van der Waals surface area (Å²) in [5.74, 6) is 1.80. The predicted molar refractivity (Wildman–Crippen MR) is 263 cm³/mol. The lowest BCUT2D eigenvalue weighted by Crippen LogP contribution is -2.32. The van der Waals surface area contributed by atoms with E-state index in [-0.39, 0.29) is 0 Å². The van der Waals surface area contributed by atoms with Gasteiger partial charge in [0.05, 0.1) is 27.5 Å². The Kier molecular flexibility index (Phi) is 7.32. The molecule has 3 heteroatoms. The molecule has 1 aliphatic carbocycles. The smallest absolute Gasteiger partial charge is 0.132 e. The normalized spacial score (nSPS) is 13.2. The standard InChI is InChI=1S/C61H38N2O/c1-3-16-42(17-4-1)62-54-26-12-8-21-46(54)60-44(22-15-27-56(60)62)40-32-30-39(31-33-40)41-34-35-55-48(36-41)49-37-47-45-20-7-9-23-50(45)61(53(47)38-57(49)63(55)43-18-5-2-6-19-43)51-24-10-13-28-58(51)64-59-29-14-11-25-52(59)61/h1-38H. The highest BCUT2D eigenvalue weighted by atomic mass is 16.5. The van der Waals surface area contributed by atoms with Crippen LogP contribution in [0.25, 0.3) is 88.4 Å². The summed E-state index contributed by atoms with van der Waals surface area (Å²) < 4.78 is 11.5. The van der Waals surface area contributed by atoms with Crippen LogP contribution in [0.3, 0.4) is 0 Å². The Morgan fingerprint density at radius 1 is 0.297 bits per heavy atom. The van der Waals surface area contributed by atoms with Crippen molar-refractivity contribution in [3.8, 4) is 56.3 Å². The monoisotopic (exact) mass is 814 g/mol. The van der Waals surface area contributed by atoms with Crippen molar-refractivity contribution in [3.05, 3.63) is 253 Å². The first-order chi connectivity index (χ1) is 31.8. The van der Waals surface area contributed by atoms with E-state index in [4.69, 9.17) is 4.74 Å². The summed E-state index contributed by atoms with van der Waals surface area (Å²) in [5, 5.41) is 4.99. The Bertz CT molecular complexity index is 3810. The lowest BCUT2D eigenvalue weighted by molar-refractivity contribution is 0.436. The third-order valence-corrected chi connectivity index (χ3v) is 14.0. The molecule has 64 heavy (non-hydrogen) atoms. The summed E-state index contributed by atoms with van der Waals surface area (Å²) >= 11 is 0. The maximum absolute atomic E-state index is 6.66. The number of hydrogen-bond acceptors (Lipinski definition) is 1. The summed E-state index contributed by atoms with van der Waals surface area (Å²) in [4.78, 5) is 0. The average Bonchev–Trinajstić information content (AvgIpc) is 3.98. The average molecular weight is 815 g/mol. The van der Waals surface area contributed by atoms with Gasteiger partial charge in [-0.15, -0.1) is 0 Å². The molecule has 298 valence electrons. The van der Waals surface area contributed by atoms with Gasteiger partial charge in [0.2, 0.25) is 0 Å². The van der Waals surface area contributed by atoms with Crippen LogP contribution >= 0.6 is 0 Å². The molecule has 1 spiro atoms. The van der Waals surface area contributed by atoms with Crippen LogP contribution in [0.5, 0.6) is 11.5 Å². The van der Waals surface area contributed by atoms with Gasteiger partial charge in [0, 0.05) is 44.0 Å². The minimum atomic E-state index is -0.544. The van der Waals surface area contributed by atoms with Crippen LogP contribution in [0.1, 0.15) is 22.3 Å². The van der Waals surface area contributed by atoms with E-state index in [0.29, 0.717) is 0 Å². The summed E-state index contributed by atoms with van der Waals surface area (Å²) in [6.45, 7) is 0. The van der Waals surface area contributed by atoms with Gasteiger partial charge in [-0.3, -0.25) is 0 Å². The molecular formula is C61H38N2O. The molecule has 14 rings (SSSR count). The molecule has 0 amide bonds. The zero-order valence-corrected chi connectivity index (χ0v) is 34.7. The van der Waals surface area contributed by atoms with E-state index in [1.165, 1.54) is 99.2 Å². The highest BCUT2D eigenvalue weighted by molar-refractivity contribution is 6.16. The van der Waals surface area contributed by atoms with Crippen LogP contribution < -0.4 is 4.74 Å². The second-order valence-electron chi connectivity index (χ2n) is 17.2. The van der Waals surface area contributed by atoms with Crippen molar-refractivity contribution in [2.75, 3.05) is 0 Å². The fourth-order valence-electron chi connectivity index (χ4n) is 11.4. The zero-order chi connectivity index (χ0) is 41.9. The highest BCUT2D eigenvalue weighted by Crippen LogP contribution is 2.62. The molecule has 10 aromatic carbocycles. The Morgan fingerprint density at radius 2 is 0.828 bits per heavy atom. The molecule has 3 nitrogen and oxygen atoms in total. The summed E-state index contributed by atoms with van der Waals surface area (Å²) in [6.07, 6.45) is 0. The minimum absolute atomic E-state index is 0.544. The summed E-state index contributed by atoms with van der Waals surface area (Å²) in [5.41, 5.74) is 18.8. The van der Waals surface area contributed by atoms with Gasteiger partial charge < -0.3 is 13.9 Å². The van der Waals surface area contributed by atoms with Gasteiger partial charge in [0.15, 0.2) is 0 Å². The lowest BCUT2D eigenvalue weighted by Gasteiger charge is -2.39. The number of para-hydroxylation sites is 5. The maximum atomic E-state index is 6.66. The van der Waals surface area contributed by atoms with Crippen molar-refractivity contribution in [2.24, 2.45) is 0 Å². The van der Waals surface area contributed by atoms with Crippen LogP contribution in [0, 0.1) is 0 Å². The largest absolute Gasteiger partial charge is 0.457 e. The molecule has 1 aliphatic heterocycles. The third kappa shape index (κ3) is 4.76. The minimum Gasteiger partial charge on any atom is -0.457 e. The van der Waals surface area contributed by atoms with E-state index < -0.39 is 5.41 Å². The van der Waals surface area contributed by atoms with Crippen molar-refractivity contribution in [1.29, 1.82) is 0 Å². The molecule has 0 saturated heterocycles.